The number of pyridine rings is 1. The van der Waals surface area contributed by atoms with Gasteiger partial charge in [-0.05, 0) is 43.7 Å². The van der Waals surface area contributed by atoms with Gasteiger partial charge in [-0.25, -0.2) is 9.78 Å². The number of fused-ring (bicyclic) bond motifs is 1. The molecule has 1 fully saturated rings. The second kappa shape index (κ2) is 8.31. The summed E-state index contributed by atoms with van der Waals surface area (Å²) in [4.78, 5) is 37.3. The number of carbonyl (C=O) groups excluding carboxylic acids is 2. The number of nitrogens with one attached hydrogen (secondary N) is 1. The van der Waals surface area contributed by atoms with Gasteiger partial charge in [0.1, 0.15) is 5.82 Å². The van der Waals surface area contributed by atoms with Gasteiger partial charge in [0.05, 0.1) is 5.56 Å². The predicted octanol–water partition coefficient (Wildman–Crippen LogP) is 1.79. The summed E-state index contributed by atoms with van der Waals surface area (Å²) in [5.41, 5.74) is 3.27. The number of piperazine rings is 1. The fraction of sp³-hybridized carbons (Fsp3) is 0.409. The van der Waals surface area contributed by atoms with Crippen molar-refractivity contribution in [3.63, 3.8) is 0 Å². The van der Waals surface area contributed by atoms with Crippen LogP contribution in [0.2, 0.25) is 0 Å². The molecule has 0 aliphatic carbocycles. The van der Waals surface area contributed by atoms with E-state index in [1.165, 1.54) is 4.90 Å². The molecule has 3 aliphatic heterocycles. The van der Waals surface area contributed by atoms with Crippen LogP contribution in [-0.2, 0) is 6.42 Å². The Labute approximate surface area is 177 Å². The third kappa shape index (κ3) is 3.82. The highest BCUT2D eigenvalue weighted by atomic mass is 16.2. The quantitative estimate of drug-likeness (QED) is 0.808. The summed E-state index contributed by atoms with van der Waals surface area (Å²) < 4.78 is 0. The van der Waals surface area contributed by atoms with Gasteiger partial charge in [-0.1, -0.05) is 6.58 Å². The zero-order valence-corrected chi connectivity index (χ0v) is 17.6. The van der Waals surface area contributed by atoms with Crippen molar-refractivity contribution in [2.24, 2.45) is 0 Å². The van der Waals surface area contributed by atoms with Crippen LogP contribution < -0.4 is 10.2 Å². The highest BCUT2D eigenvalue weighted by Crippen LogP contribution is 2.31. The van der Waals surface area contributed by atoms with E-state index in [-0.39, 0.29) is 11.9 Å². The van der Waals surface area contributed by atoms with Gasteiger partial charge >= 0.3 is 6.03 Å². The number of allylic oxidation sites excluding steroid dienone is 2. The number of nitrogens with zero attached hydrogens (tertiary/aromatic N) is 5. The molecule has 0 bridgehead atoms. The number of hydrogen-bond donors (Lipinski definition) is 1. The lowest BCUT2D eigenvalue weighted by molar-refractivity contribution is 0.0663. The molecule has 3 aliphatic rings. The highest BCUT2D eigenvalue weighted by molar-refractivity contribution is 5.94. The van der Waals surface area contributed by atoms with Gasteiger partial charge in [0, 0.05) is 63.6 Å². The molecule has 1 aromatic rings. The first-order chi connectivity index (χ1) is 14.5. The van der Waals surface area contributed by atoms with E-state index in [1.54, 1.807) is 19.4 Å². The summed E-state index contributed by atoms with van der Waals surface area (Å²) in [7, 11) is 3.67. The molecule has 1 saturated heterocycles. The first kappa shape index (κ1) is 20.2. The van der Waals surface area contributed by atoms with Gasteiger partial charge in [-0.3, -0.25) is 9.69 Å². The number of hydrogen-bond acceptors (Lipinski definition) is 5. The molecule has 4 rings (SSSR count). The number of carbonyl (C=O) groups is 2. The molecular formula is C22H28N6O2. The summed E-state index contributed by atoms with van der Waals surface area (Å²) in [6.07, 6.45) is 9.05. The van der Waals surface area contributed by atoms with Crippen molar-refractivity contribution in [1.82, 2.24) is 25.0 Å². The maximum absolute atomic E-state index is 12.9. The Balaban J connectivity index is 1.54. The Bertz CT molecular complexity index is 930. The number of rotatable bonds is 2. The lowest BCUT2D eigenvalue weighted by Crippen LogP contribution is -2.47. The van der Waals surface area contributed by atoms with Gasteiger partial charge in [0.25, 0.3) is 5.91 Å². The van der Waals surface area contributed by atoms with E-state index in [1.807, 2.05) is 23.1 Å². The zero-order valence-electron chi connectivity index (χ0n) is 17.6. The molecule has 8 nitrogen and oxygen atoms in total. The zero-order chi connectivity index (χ0) is 21.3. The third-order valence-electron chi connectivity index (χ3n) is 5.83. The maximum Gasteiger partial charge on any atom is 0.325 e. The number of aromatic nitrogens is 1. The molecule has 0 atom stereocenters. The molecule has 0 spiro atoms. The van der Waals surface area contributed by atoms with Crippen LogP contribution >= 0.6 is 0 Å². The third-order valence-corrected chi connectivity index (χ3v) is 5.83. The summed E-state index contributed by atoms with van der Waals surface area (Å²) in [5, 5.41) is 2.60. The number of aryl methyl sites for hydroxylation is 1. The second-order valence-corrected chi connectivity index (χ2v) is 7.86. The minimum atomic E-state index is -0.226. The monoisotopic (exact) mass is 408 g/mol. The van der Waals surface area contributed by atoms with Crippen LogP contribution in [0.25, 0.3) is 0 Å². The van der Waals surface area contributed by atoms with E-state index in [2.05, 4.69) is 33.7 Å². The molecule has 30 heavy (non-hydrogen) atoms. The molecule has 1 N–H and O–H groups in total. The van der Waals surface area contributed by atoms with Crippen molar-refractivity contribution in [2.45, 2.75) is 12.8 Å². The largest absolute Gasteiger partial charge is 0.340 e. The van der Waals surface area contributed by atoms with Crippen molar-refractivity contribution >= 4 is 17.8 Å². The van der Waals surface area contributed by atoms with Crippen molar-refractivity contribution in [3.05, 3.63) is 59.7 Å². The van der Waals surface area contributed by atoms with Crippen LogP contribution in [0.1, 0.15) is 22.3 Å². The van der Waals surface area contributed by atoms with Gasteiger partial charge in [-0.2, -0.15) is 0 Å². The number of likely N-dealkylation sites (N-methyl/N-ethyl adjacent to an activating group) is 1. The molecule has 0 unspecified atom stereocenters. The predicted molar refractivity (Wildman–Crippen MR) is 116 cm³/mol. The van der Waals surface area contributed by atoms with Crippen LogP contribution in [-0.4, -0.2) is 78.4 Å². The Kier molecular flexibility index (Phi) is 5.59. The average Bonchev–Trinajstić information content (AvgIpc) is 2.77. The van der Waals surface area contributed by atoms with Crippen LogP contribution in [0.5, 0.6) is 0 Å². The topological polar surface area (TPSA) is 72.0 Å². The summed E-state index contributed by atoms with van der Waals surface area (Å²) in [6.45, 7) is 8.12. The van der Waals surface area contributed by atoms with Crippen LogP contribution in [0.4, 0.5) is 10.6 Å². The SMILES string of the molecule is C=C1C=C(N2CCCc3cc(C(=O)N4CCN(C)CC4)cnc32)C=CN1C(=O)NC. The standard InChI is InChI=1S/C22H28N6O2/c1-16-13-19(6-8-27(16)22(30)23-2)28-7-4-5-17-14-18(15-24-20(17)28)21(29)26-11-9-25(3)10-12-26/h6,8,13-15H,1,4-5,7,9-12H2,2-3H3,(H,23,30). The summed E-state index contributed by atoms with van der Waals surface area (Å²) in [6, 6.07) is 1.77. The van der Waals surface area contributed by atoms with Crippen molar-refractivity contribution in [1.29, 1.82) is 0 Å². The number of anilines is 1. The first-order valence-electron chi connectivity index (χ1n) is 10.3. The fourth-order valence-corrected chi connectivity index (χ4v) is 4.05. The van der Waals surface area contributed by atoms with Gasteiger partial charge in [0.2, 0.25) is 0 Å². The first-order valence-corrected chi connectivity index (χ1v) is 10.3. The van der Waals surface area contributed by atoms with Crippen molar-refractivity contribution < 1.29 is 9.59 Å². The molecule has 4 heterocycles. The van der Waals surface area contributed by atoms with Crippen molar-refractivity contribution in [3.8, 4) is 0 Å². The molecule has 0 saturated carbocycles. The minimum absolute atomic E-state index is 0.0573. The lowest BCUT2D eigenvalue weighted by Gasteiger charge is -2.34. The Morgan fingerprint density at radius 1 is 1.17 bits per heavy atom. The van der Waals surface area contributed by atoms with E-state index in [9.17, 15) is 9.59 Å². The highest BCUT2D eigenvalue weighted by Gasteiger charge is 2.26. The van der Waals surface area contributed by atoms with E-state index in [0.717, 1.165) is 62.6 Å². The molecule has 0 radical (unpaired) electrons. The molecule has 0 aromatic carbocycles. The molecule has 158 valence electrons. The maximum atomic E-state index is 12.9. The smallest absolute Gasteiger partial charge is 0.325 e. The average molecular weight is 409 g/mol. The van der Waals surface area contributed by atoms with Crippen molar-refractivity contribution in [2.75, 3.05) is 51.7 Å². The Morgan fingerprint density at radius 3 is 2.63 bits per heavy atom. The van der Waals surface area contributed by atoms with Crippen LogP contribution in [0.15, 0.2) is 48.6 Å². The van der Waals surface area contributed by atoms with Gasteiger partial charge < -0.3 is 20.0 Å². The second-order valence-electron chi connectivity index (χ2n) is 7.86. The normalized spacial score (nSPS) is 19.5. The number of urea groups is 1. The minimum Gasteiger partial charge on any atom is -0.340 e. The molecule has 1 aromatic heterocycles. The van der Waals surface area contributed by atoms with E-state index >= 15 is 0 Å². The molecule has 8 heteroatoms. The van der Waals surface area contributed by atoms with Gasteiger partial charge in [-0.15, -0.1) is 0 Å². The summed E-state index contributed by atoms with van der Waals surface area (Å²) >= 11 is 0. The Morgan fingerprint density at radius 2 is 1.93 bits per heavy atom. The van der Waals surface area contributed by atoms with Gasteiger partial charge in [0.15, 0.2) is 0 Å². The number of amides is 3. The van der Waals surface area contributed by atoms with E-state index in [4.69, 9.17) is 0 Å². The molecular weight excluding hydrogens is 380 g/mol. The van der Waals surface area contributed by atoms with Crippen LogP contribution in [0, 0.1) is 0 Å². The van der Waals surface area contributed by atoms with E-state index in [0.29, 0.717) is 11.3 Å². The molecule has 3 amide bonds. The van der Waals surface area contributed by atoms with E-state index < -0.39 is 0 Å². The lowest BCUT2D eigenvalue weighted by atomic mass is 10.0. The Hall–Kier alpha value is -3.13. The fourth-order valence-electron chi connectivity index (χ4n) is 4.05. The summed E-state index contributed by atoms with van der Waals surface area (Å²) in [5.74, 6) is 0.926. The van der Waals surface area contributed by atoms with Crippen LogP contribution in [0.3, 0.4) is 0 Å².